The summed E-state index contributed by atoms with van der Waals surface area (Å²) in [5.74, 6) is 1.93. The molecule has 0 saturated carbocycles. The lowest BCUT2D eigenvalue weighted by Crippen LogP contribution is -2.55. The summed E-state index contributed by atoms with van der Waals surface area (Å²) >= 11 is 0. The van der Waals surface area contributed by atoms with E-state index in [-0.39, 0.29) is 18.1 Å². The van der Waals surface area contributed by atoms with Gasteiger partial charge in [0.25, 0.3) is 5.91 Å². The second-order valence-electron chi connectivity index (χ2n) is 7.70. The Labute approximate surface area is 174 Å². The molecule has 1 aromatic rings. The molecule has 2 atom stereocenters. The molecule has 2 aliphatic heterocycles. The van der Waals surface area contributed by atoms with Crippen LogP contribution in [-0.4, -0.2) is 79.7 Å². The SMILES string of the molecule is CCNC(=NCC(C)Oc1ccccc1C)N1CCN(C(=O)C2CCCO2)CC1. The van der Waals surface area contributed by atoms with Crippen LogP contribution in [0.3, 0.4) is 0 Å². The van der Waals surface area contributed by atoms with Gasteiger partial charge >= 0.3 is 0 Å². The molecule has 1 N–H and O–H groups in total. The van der Waals surface area contributed by atoms with E-state index in [4.69, 9.17) is 14.5 Å². The molecule has 3 rings (SSSR count). The molecule has 0 radical (unpaired) electrons. The Morgan fingerprint density at radius 3 is 2.66 bits per heavy atom. The Hall–Kier alpha value is -2.28. The van der Waals surface area contributed by atoms with E-state index in [9.17, 15) is 4.79 Å². The van der Waals surface area contributed by atoms with E-state index in [1.54, 1.807) is 0 Å². The fourth-order valence-corrected chi connectivity index (χ4v) is 3.70. The summed E-state index contributed by atoms with van der Waals surface area (Å²) in [6.07, 6.45) is 1.58. The first kappa shape index (κ1) is 21.4. The number of para-hydroxylation sites is 1. The third kappa shape index (κ3) is 5.85. The number of rotatable bonds is 6. The van der Waals surface area contributed by atoms with Crippen molar-refractivity contribution < 1.29 is 14.3 Å². The van der Waals surface area contributed by atoms with Gasteiger partial charge in [-0.2, -0.15) is 0 Å². The van der Waals surface area contributed by atoms with Crippen LogP contribution in [0, 0.1) is 6.92 Å². The Morgan fingerprint density at radius 1 is 1.28 bits per heavy atom. The number of benzene rings is 1. The van der Waals surface area contributed by atoms with E-state index < -0.39 is 0 Å². The largest absolute Gasteiger partial charge is 0.489 e. The second kappa shape index (κ2) is 10.5. The van der Waals surface area contributed by atoms with Crippen molar-refractivity contribution in [3.05, 3.63) is 29.8 Å². The number of aliphatic imine (C=N–C) groups is 1. The van der Waals surface area contributed by atoms with Crippen LogP contribution >= 0.6 is 0 Å². The van der Waals surface area contributed by atoms with E-state index in [0.29, 0.717) is 26.2 Å². The highest BCUT2D eigenvalue weighted by Gasteiger charge is 2.30. The van der Waals surface area contributed by atoms with Gasteiger partial charge in [-0.3, -0.25) is 4.79 Å². The van der Waals surface area contributed by atoms with Crippen molar-refractivity contribution in [1.29, 1.82) is 0 Å². The van der Waals surface area contributed by atoms with E-state index in [1.807, 2.05) is 43.0 Å². The first-order valence-corrected chi connectivity index (χ1v) is 10.7. The highest BCUT2D eigenvalue weighted by molar-refractivity contribution is 5.82. The average molecular weight is 403 g/mol. The lowest BCUT2D eigenvalue weighted by Gasteiger charge is -2.37. The van der Waals surface area contributed by atoms with E-state index in [2.05, 4.69) is 17.1 Å². The van der Waals surface area contributed by atoms with Gasteiger partial charge < -0.3 is 24.6 Å². The van der Waals surface area contributed by atoms with Crippen molar-refractivity contribution in [3.8, 4) is 5.75 Å². The van der Waals surface area contributed by atoms with Crippen LogP contribution in [0.25, 0.3) is 0 Å². The number of hydrogen-bond acceptors (Lipinski definition) is 4. The predicted octanol–water partition coefficient (Wildman–Crippen LogP) is 2.05. The monoisotopic (exact) mass is 402 g/mol. The number of nitrogens with zero attached hydrogens (tertiary/aromatic N) is 3. The maximum Gasteiger partial charge on any atom is 0.251 e. The Kier molecular flexibility index (Phi) is 7.75. The minimum Gasteiger partial charge on any atom is -0.489 e. The third-order valence-corrected chi connectivity index (χ3v) is 5.35. The average Bonchev–Trinajstić information content (AvgIpc) is 3.27. The molecule has 2 heterocycles. The maximum atomic E-state index is 12.5. The Morgan fingerprint density at radius 2 is 2.00 bits per heavy atom. The topological polar surface area (TPSA) is 66.4 Å². The van der Waals surface area contributed by atoms with Crippen LogP contribution in [0.1, 0.15) is 32.3 Å². The van der Waals surface area contributed by atoms with Gasteiger partial charge in [-0.15, -0.1) is 0 Å². The number of carbonyl (C=O) groups is 1. The first-order valence-electron chi connectivity index (χ1n) is 10.7. The summed E-state index contributed by atoms with van der Waals surface area (Å²) in [6.45, 7) is 11.2. The fourth-order valence-electron chi connectivity index (χ4n) is 3.70. The van der Waals surface area contributed by atoms with Crippen molar-refractivity contribution in [3.63, 3.8) is 0 Å². The molecule has 7 heteroatoms. The zero-order valence-electron chi connectivity index (χ0n) is 17.9. The smallest absolute Gasteiger partial charge is 0.251 e. The van der Waals surface area contributed by atoms with Crippen molar-refractivity contribution in [2.75, 3.05) is 45.9 Å². The molecule has 0 bridgehead atoms. The summed E-state index contributed by atoms with van der Waals surface area (Å²) in [6, 6.07) is 8.04. The van der Waals surface area contributed by atoms with Crippen LogP contribution in [0.2, 0.25) is 0 Å². The molecule has 0 spiro atoms. The normalized spacial score (nSPS) is 21.2. The van der Waals surface area contributed by atoms with Crippen molar-refractivity contribution in [1.82, 2.24) is 15.1 Å². The van der Waals surface area contributed by atoms with Crippen molar-refractivity contribution in [2.45, 2.75) is 45.8 Å². The highest BCUT2D eigenvalue weighted by atomic mass is 16.5. The molecular formula is C22H34N4O3. The first-order chi connectivity index (χ1) is 14.1. The van der Waals surface area contributed by atoms with Gasteiger partial charge in [0.2, 0.25) is 0 Å². The fraction of sp³-hybridized carbons (Fsp3) is 0.636. The minimum atomic E-state index is -0.233. The van der Waals surface area contributed by atoms with Gasteiger partial charge in [-0.05, 0) is 45.2 Å². The lowest BCUT2D eigenvalue weighted by molar-refractivity contribution is -0.142. The van der Waals surface area contributed by atoms with Gasteiger partial charge in [-0.1, -0.05) is 18.2 Å². The molecule has 29 heavy (non-hydrogen) atoms. The molecule has 0 aromatic heterocycles. The zero-order chi connectivity index (χ0) is 20.6. The third-order valence-electron chi connectivity index (χ3n) is 5.35. The van der Waals surface area contributed by atoms with Gasteiger partial charge in [0.15, 0.2) is 5.96 Å². The van der Waals surface area contributed by atoms with E-state index in [0.717, 1.165) is 49.7 Å². The minimum absolute atomic E-state index is 0.0212. The molecular weight excluding hydrogens is 368 g/mol. The molecule has 1 aromatic carbocycles. The van der Waals surface area contributed by atoms with Crippen LogP contribution in [0.4, 0.5) is 0 Å². The molecule has 1 amide bonds. The molecule has 2 aliphatic rings. The second-order valence-corrected chi connectivity index (χ2v) is 7.70. The van der Waals surface area contributed by atoms with E-state index in [1.165, 1.54) is 0 Å². The van der Waals surface area contributed by atoms with E-state index >= 15 is 0 Å². The lowest BCUT2D eigenvalue weighted by atomic mass is 10.2. The maximum absolute atomic E-state index is 12.5. The number of ether oxygens (including phenoxy) is 2. The summed E-state index contributed by atoms with van der Waals surface area (Å²) in [4.78, 5) is 21.5. The van der Waals surface area contributed by atoms with Crippen LogP contribution in [-0.2, 0) is 9.53 Å². The Balaban J connectivity index is 1.52. The molecule has 2 fully saturated rings. The molecule has 2 unspecified atom stereocenters. The molecule has 2 saturated heterocycles. The summed E-state index contributed by atoms with van der Waals surface area (Å²) in [7, 11) is 0. The number of piperazine rings is 1. The van der Waals surface area contributed by atoms with Gasteiger partial charge in [0.05, 0.1) is 6.54 Å². The van der Waals surface area contributed by atoms with Crippen molar-refractivity contribution >= 4 is 11.9 Å². The molecule has 160 valence electrons. The van der Waals surface area contributed by atoms with Gasteiger partial charge in [0.1, 0.15) is 18.0 Å². The predicted molar refractivity (Wildman–Crippen MR) is 114 cm³/mol. The standard InChI is InChI=1S/C22H34N4O3/c1-4-23-22(24-16-18(3)29-19-9-6-5-8-17(19)2)26-13-11-25(12-14-26)21(27)20-10-7-15-28-20/h5-6,8-9,18,20H,4,7,10-16H2,1-3H3,(H,23,24). The number of carbonyl (C=O) groups excluding carboxylic acids is 1. The number of aryl methyl sites for hydroxylation is 1. The van der Waals surface area contributed by atoms with Gasteiger partial charge in [-0.25, -0.2) is 4.99 Å². The van der Waals surface area contributed by atoms with Crippen molar-refractivity contribution in [2.24, 2.45) is 4.99 Å². The number of amides is 1. The van der Waals surface area contributed by atoms with Crippen LogP contribution in [0.5, 0.6) is 5.75 Å². The number of hydrogen-bond donors (Lipinski definition) is 1. The molecule has 0 aliphatic carbocycles. The summed E-state index contributed by atoms with van der Waals surface area (Å²) in [5.41, 5.74) is 1.13. The quantitative estimate of drug-likeness (QED) is 0.583. The molecule has 7 nitrogen and oxygen atoms in total. The summed E-state index contributed by atoms with van der Waals surface area (Å²) < 4.78 is 11.6. The zero-order valence-corrected chi connectivity index (χ0v) is 17.9. The van der Waals surface area contributed by atoms with Crippen LogP contribution in [0.15, 0.2) is 29.3 Å². The number of guanidine groups is 1. The van der Waals surface area contributed by atoms with Crippen LogP contribution < -0.4 is 10.1 Å². The number of nitrogens with one attached hydrogen (secondary N) is 1. The highest BCUT2D eigenvalue weighted by Crippen LogP contribution is 2.18. The van der Waals surface area contributed by atoms with Gasteiger partial charge in [0, 0.05) is 39.3 Å². The summed E-state index contributed by atoms with van der Waals surface area (Å²) in [5, 5.41) is 3.37. The Bertz CT molecular complexity index is 695.